The van der Waals surface area contributed by atoms with E-state index in [1.807, 2.05) is 38.1 Å². The quantitative estimate of drug-likeness (QED) is 0.900. The van der Waals surface area contributed by atoms with Gasteiger partial charge in [-0.1, -0.05) is 25.1 Å². The number of furan rings is 1. The van der Waals surface area contributed by atoms with Crippen LogP contribution in [0, 0.1) is 6.92 Å². The van der Waals surface area contributed by atoms with Gasteiger partial charge < -0.3 is 14.4 Å². The van der Waals surface area contributed by atoms with Gasteiger partial charge in [-0.3, -0.25) is 4.79 Å². The van der Waals surface area contributed by atoms with Crippen molar-refractivity contribution in [3.8, 4) is 0 Å². The number of carbonyl (C=O) groups is 1. The maximum Gasteiger partial charge on any atom is 0.290 e. The Hall–Kier alpha value is -1.81. The molecule has 1 aliphatic rings. The van der Waals surface area contributed by atoms with Crippen molar-refractivity contribution in [3.05, 3.63) is 35.6 Å². The average Bonchev–Trinajstić information content (AvgIpc) is 2.72. The second-order valence-corrected chi connectivity index (χ2v) is 5.29. The number of β-amino-alcohol motifs (C(OH)–C–C–N with tert-alkyl or cyclic N) is 1. The van der Waals surface area contributed by atoms with Gasteiger partial charge >= 0.3 is 0 Å². The summed E-state index contributed by atoms with van der Waals surface area (Å²) in [6, 6.07) is 7.62. The van der Waals surface area contributed by atoms with Gasteiger partial charge in [0.15, 0.2) is 5.76 Å². The molecule has 2 aromatic rings. The smallest absolute Gasteiger partial charge is 0.290 e. The van der Waals surface area contributed by atoms with Crippen molar-refractivity contribution in [2.24, 2.45) is 0 Å². The van der Waals surface area contributed by atoms with Crippen LogP contribution >= 0.6 is 0 Å². The van der Waals surface area contributed by atoms with Gasteiger partial charge in [0.2, 0.25) is 0 Å². The molecule has 1 aromatic carbocycles. The molecule has 0 radical (unpaired) electrons. The first-order valence-corrected chi connectivity index (χ1v) is 6.54. The lowest BCUT2D eigenvalue weighted by Crippen LogP contribution is -2.63. The molecular formula is C15H17NO3. The average molecular weight is 259 g/mol. The monoisotopic (exact) mass is 259 g/mol. The largest absolute Gasteiger partial charge is 0.451 e. The molecule has 100 valence electrons. The van der Waals surface area contributed by atoms with E-state index in [1.54, 1.807) is 4.90 Å². The number of likely N-dealkylation sites (tertiary alicyclic amines) is 1. The second-order valence-electron chi connectivity index (χ2n) is 5.29. The highest BCUT2D eigenvalue weighted by Gasteiger charge is 2.43. The molecule has 3 rings (SSSR count). The lowest BCUT2D eigenvalue weighted by atomic mass is 9.91. The summed E-state index contributed by atoms with van der Waals surface area (Å²) in [7, 11) is 0. The van der Waals surface area contributed by atoms with Crippen LogP contribution in [0.15, 0.2) is 28.7 Å². The summed E-state index contributed by atoms with van der Waals surface area (Å²) in [4.78, 5) is 14.0. The molecule has 0 bridgehead atoms. The Labute approximate surface area is 111 Å². The molecule has 4 nitrogen and oxygen atoms in total. The van der Waals surface area contributed by atoms with Crippen molar-refractivity contribution in [1.29, 1.82) is 0 Å². The minimum atomic E-state index is -0.713. The number of aliphatic hydroxyl groups is 1. The summed E-state index contributed by atoms with van der Waals surface area (Å²) in [6.07, 6.45) is 0.663. The Morgan fingerprint density at radius 3 is 2.74 bits per heavy atom. The Morgan fingerprint density at radius 2 is 2.11 bits per heavy atom. The van der Waals surface area contributed by atoms with Crippen molar-refractivity contribution in [1.82, 2.24) is 4.90 Å². The van der Waals surface area contributed by atoms with Crippen molar-refractivity contribution in [2.75, 3.05) is 13.1 Å². The summed E-state index contributed by atoms with van der Waals surface area (Å²) in [5.74, 6) is 0.256. The maximum atomic E-state index is 12.3. The third kappa shape index (κ3) is 1.83. The third-order valence-corrected chi connectivity index (χ3v) is 3.95. The van der Waals surface area contributed by atoms with E-state index in [4.69, 9.17) is 4.42 Å². The lowest BCUT2D eigenvalue weighted by Gasteiger charge is -2.45. The highest BCUT2D eigenvalue weighted by atomic mass is 16.3. The molecule has 0 spiro atoms. The Kier molecular flexibility index (Phi) is 2.64. The first-order chi connectivity index (χ1) is 9.04. The highest BCUT2D eigenvalue weighted by Crippen LogP contribution is 2.30. The van der Waals surface area contributed by atoms with Gasteiger partial charge in [0.1, 0.15) is 5.58 Å². The Bertz CT molecular complexity index is 638. The summed E-state index contributed by atoms with van der Waals surface area (Å²) < 4.78 is 5.65. The van der Waals surface area contributed by atoms with Crippen LogP contribution in [-0.2, 0) is 0 Å². The van der Waals surface area contributed by atoms with Crippen molar-refractivity contribution in [2.45, 2.75) is 25.9 Å². The van der Waals surface area contributed by atoms with Gasteiger partial charge in [-0.25, -0.2) is 0 Å². The summed E-state index contributed by atoms with van der Waals surface area (Å²) in [6.45, 7) is 4.59. The minimum absolute atomic E-state index is 0.133. The number of carbonyl (C=O) groups excluding carboxylic acids is 1. The van der Waals surface area contributed by atoms with Gasteiger partial charge in [-0.05, 0) is 19.4 Å². The molecule has 1 N–H and O–H groups in total. The van der Waals surface area contributed by atoms with E-state index in [0.717, 1.165) is 16.5 Å². The van der Waals surface area contributed by atoms with E-state index in [-0.39, 0.29) is 5.91 Å². The number of hydrogen-bond donors (Lipinski definition) is 1. The van der Waals surface area contributed by atoms with Crippen LogP contribution in [0.4, 0.5) is 0 Å². The zero-order valence-electron chi connectivity index (χ0n) is 11.1. The molecular weight excluding hydrogens is 242 g/mol. The van der Waals surface area contributed by atoms with Gasteiger partial charge in [-0.15, -0.1) is 0 Å². The number of rotatable bonds is 2. The molecule has 1 saturated heterocycles. The zero-order valence-corrected chi connectivity index (χ0v) is 11.1. The SMILES string of the molecule is CCC1(O)CN(C(=O)c2oc3ccccc3c2C)C1. The fourth-order valence-corrected chi connectivity index (χ4v) is 2.55. The van der Waals surface area contributed by atoms with Crippen molar-refractivity contribution in [3.63, 3.8) is 0 Å². The fraction of sp³-hybridized carbons (Fsp3) is 0.400. The van der Waals surface area contributed by atoms with Crippen LogP contribution < -0.4 is 0 Å². The van der Waals surface area contributed by atoms with Crippen molar-refractivity contribution >= 4 is 16.9 Å². The molecule has 0 saturated carbocycles. The molecule has 0 aliphatic carbocycles. The van der Waals surface area contributed by atoms with Crippen LogP contribution in [0.2, 0.25) is 0 Å². The Morgan fingerprint density at radius 1 is 1.42 bits per heavy atom. The minimum Gasteiger partial charge on any atom is -0.451 e. The van der Waals surface area contributed by atoms with Crippen LogP contribution in [0.25, 0.3) is 11.0 Å². The van der Waals surface area contributed by atoms with Crippen LogP contribution in [0.5, 0.6) is 0 Å². The van der Waals surface area contributed by atoms with E-state index in [9.17, 15) is 9.90 Å². The molecule has 0 atom stereocenters. The number of hydrogen-bond acceptors (Lipinski definition) is 3. The number of benzene rings is 1. The molecule has 19 heavy (non-hydrogen) atoms. The molecule has 1 aliphatic heterocycles. The summed E-state index contributed by atoms with van der Waals surface area (Å²) in [5, 5.41) is 10.9. The predicted octanol–water partition coefficient (Wildman–Crippen LogP) is 2.34. The van der Waals surface area contributed by atoms with E-state index in [0.29, 0.717) is 25.3 Å². The van der Waals surface area contributed by atoms with E-state index >= 15 is 0 Å². The summed E-state index contributed by atoms with van der Waals surface area (Å²) in [5.41, 5.74) is 0.887. The third-order valence-electron chi connectivity index (χ3n) is 3.95. The molecule has 1 fully saturated rings. The number of fused-ring (bicyclic) bond motifs is 1. The first-order valence-electron chi connectivity index (χ1n) is 6.54. The summed E-state index contributed by atoms with van der Waals surface area (Å²) >= 11 is 0. The van der Waals surface area contributed by atoms with Gasteiger partial charge in [0, 0.05) is 10.9 Å². The molecule has 1 aromatic heterocycles. The van der Waals surface area contributed by atoms with Crippen LogP contribution in [-0.4, -0.2) is 34.6 Å². The molecule has 0 unspecified atom stereocenters. The normalized spacial score (nSPS) is 17.5. The van der Waals surface area contributed by atoms with E-state index in [2.05, 4.69) is 0 Å². The van der Waals surface area contributed by atoms with Gasteiger partial charge in [0.05, 0.1) is 18.7 Å². The van der Waals surface area contributed by atoms with Gasteiger partial charge in [-0.2, -0.15) is 0 Å². The highest BCUT2D eigenvalue weighted by molar-refractivity contribution is 5.99. The first kappa shape index (κ1) is 12.2. The Balaban J connectivity index is 1.89. The van der Waals surface area contributed by atoms with Crippen LogP contribution in [0.1, 0.15) is 29.5 Å². The molecule has 2 heterocycles. The fourth-order valence-electron chi connectivity index (χ4n) is 2.55. The number of para-hydroxylation sites is 1. The maximum absolute atomic E-state index is 12.3. The van der Waals surface area contributed by atoms with Crippen LogP contribution in [0.3, 0.4) is 0 Å². The number of nitrogens with zero attached hydrogens (tertiary/aromatic N) is 1. The van der Waals surface area contributed by atoms with Crippen molar-refractivity contribution < 1.29 is 14.3 Å². The standard InChI is InChI=1S/C15H17NO3/c1-3-15(18)8-16(9-15)14(17)13-10(2)11-6-4-5-7-12(11)19-13/h4-7,18H,3,8-9H2,1-2H3. The van der Waals surface area contributed by atoms with E-state index in [1.165, 1.54) is 0 Å². The number of amides is 1. The topological polar surface area (TPSA) is 53.7 Å². The second kappa shape index (κ2) is 4.10. The molecule has 4 heteroatoms. The van der Waals surface area contributed by atoms with E-state index < -0.39 is 5.60 Å². The zero-order chi connectivity index (χ0) is 13.6. The molecule has 1 amide bonds. The predicted molar refractivity (Wildman–Crippen MR) is 72.1 cm³/mol. The van der Waals surface area contributed by atoms with Gasteiger partial charge in [0.25, 0.3) is 5.91 Å². The number of aryl methyl sites for hydroxylation is 1. The lowest BCUT2D eigenvalue weighted by molar-refractivity contribution is -0.0834.